The van der Waals surface area contributed by atoms with E-state index in [4.69, 9.17) is 9.47 Å². The molecule has 1 heterocycles. The highest BCUT2D eigenvalue weighted by Gasteiger charge is 2.51. The Morgan fingerprint density at radius 3 is 2.41 bits per heavy atom. The molecule has 1 aliphatic rings. The number of epoxide rings is 1. The van der Waals surface area contributed by atoms with E-state index in [2.05, 4.69) is 5.32 Å². The average Bonchev–Trinajstić information content (AvgIpc) is 3.15. The standard InChI is InChI=1S/C17H23NO4/c1-16(2,3)18-15(20)22-13(14(19)17(4)11-21-17)10-12-8-6-5-7-9-12/h5-9,13H,10-11H2,1-4H3,(H,18,20)/t13-,17?/m0/s1. The molecule has 1 aliphatic heterocycles. The maximum absolute atomic E-state index is 12.5. The summed E-state index contributed by atoms with van der Waals surface area (Å²) in [7, 11) is 0. The Bertz CT molecular complexity index is 544. The SMILES string of the molecule is CC(C)(C)NC(=O)O[C@@H](Cc1ccccc1)C(=O)C1(C)CO1. The van der Waals surface area contributed by atoms with Crippen LogP contribution < -0.4 is 5.32 Å². The van der Waals surface area contributed by atoms with Crippen molar-refractivity contribution in [3.8, 4) is 0 Å². The second-order valence-electron chi connectivity index (χ2n) is 6.84. The smallest absolute Gasteiger partial charge is 0.408 e. The molecule has 0 bridgehead atoms. The Morgan fingerprint density at radius 2 is 1.91 bits per heavy atom. The maximum Gasteiger partial charge on any atom is 0.408 e. The van der Waals surface area contributed by atoms with Gasteiger partial charge in [-0.3, -0.25) is 4.79 Å². The van der Waals surface area contributed by atoms with Crippen LogP contribution in [-0.2, 0) is 20.7 Å². The van der Waals surface area contributed by atoms with E-state index in [0.29, 0.717) is 13.0 Å². The van der Waals surface area contributed by atoms with Gasteiger partial charge in [0.1, 0.15) is 0 Å². The summed E-state index contributed by atoms with van der Waals surface area (Å²) in [5.74, 6) is -0.194. The van der Waals surface area contributed by atoms with E-state index in [1.807, 2.05) is 51.1 Å². The largest absolute Gasteiger partial charge is 0.438 e. The van der Waals surface area contributed by atoms with Crippen molar-refractivity contribution in [3.05, 3.63) is 35.9 Å². The number of hydrogen-bond acceptors (Lipinski definition) is 4. The molecule has 5 nitrogen and oxygen atoms in total. The molecule has 0 radical (unpaired) electrons. The van der Waals surface area contributed by atoms with E-state index < -0.39 is 23.3 Å². The number of carbonyl (C=O) groups is 2. The maximum atomic E-state index is 12.5. The number of Topliss-reactive ketones (excluding diaryl/α,β-unsaturated/α-hetero) is 1. The topological polar surface area (TPSA) is 67.9 Å². The number of hydrogen-bond donors (Lipinski definition) is 1. The van der Waals surface area contributed by atoms with Gasteiger partial charge in [0.15, 0.2) is 11.7 Å². The molecule has 1 aromatic rings. The zero-order valence-corrected chi connectivity index (χ0v) is 13.5. The van der Waals surface area contributed by atoms with Gasteiger partial charge in [0.25, 0.3) is 0 Å². The molecule has 2 atom stereocenters. The lowest BCUT2D eigenvalue weighted by atomic mass is 9.97. The Morgan fingerprint density at radius 1 is 1.32 bits per heavy atom. The molecule has 0 spiro atoms. The molecule has 2 rings (SSSR count). The Labute approximate surface area is 131 Å². The number of ether oxygens (including phenoxy) is 2. The van der Waals surface area contributed by atoms with Gasteiger partial charge in [-0.25, -0.2) is 4.79 Å². The summed E-state index contributed by atoms with van der Waals surface area (Å²) in [6.45, 7) is 7.66. The molecule has 1 unspecified atom stereocenters. The molecular formula is C17H23NO4. The number of carbonyl (C=O) groups excluding carboxylic acids is 2. The van der Waals surface area contributed by atoms with Crippen molar-refractivity contribution in [2.24, 2.45) is 0 Å². The van der Waals surface area contributed by atoms with Gasteiger partial charge in [-0.05, 0) is 33.3 Å². The van der Waals surface area contributed by atoms with Crippen LogP contribution in [0.1, 0.15) is 33.3 Å². The molecule has 1 aromatic carbocycles. The van der Waals surface area contributed by atoms with Crippen molar-refractivity contribution in [3.63, 3.8) is 0 Å². The predicted molar refractivity (Wildman–Crippen MR) is 82.7 cm³/mol. The number of amides is 1. The Balaban J connectivity index is 2.08. The summed E-state index contributed by atoms with van der Waals surface area (Å²) in [5, 5.41) is 2.71. The van der Waals surface area contributed by atoms with E-state index >= 15 is 0 Å². The summed E-state index contributed by atoms with van der Waals surface area (Å²) in [5.41, 5.74) is -0.299. The third kappa shape index (κ3) is 4.56. The minimum atomic E-state index is -0.850. The van der Waals surface area contributed by atoms with Crippen LogP contribution in [0.15, 0.2) is 30.3 Å². The summed E-state index contributed by atoms with van der Waals surface area (Å²) in [6.07, 6.45) is -1.10. The highest BCUT2D eigenvalue weighted by atomic mass is 16.6. The molecule has 0 saturated carbocycles. The summed E-state index contributed by atoms with van der Waals surface area (Å²) in [6, 6.07) is 9.49. The molecular weight excluding hydrogens is 282 g/mol. The summed E-state index contributed by atoms with van der Waals surface area (Å²) < 4.78 is 10.6. The van der Waals surface area contributed by atoms with Crippen LogP contribution in [0, 0.1) is 0 Å². The first-order valence-electron chi connectivity index (χ1n) is 7.41. The molecule has 0 aromatic heterocycles. The fourth-order valence-corrected chi connectivity index (χ4v) is 2.07. The third-order valence-corrected chi connectivity index (χ3v) is 3.38. The molecule has 1 N–H and O–H groups in total. The van der Waals surface area contributed by atoms with Crippen molar-refractivity contribution in [2.75, 3.05) is 6.61 Å². The van der Waals surface area contributed by atoms with Gasteiger partial charge >= 0.3 is 6.09 Å². The third-order valence-electron chi connectivity index (χ3n) is 3.38. The van der Waals surface area contributed by atoms with Crippen molar-refractivity contribution >= 4 is 11.9 Å². The van der Waals surface area contributed by atoms with Gasteiger partial charge in [0.2, 0.25) is 5.78 Å². The minimum absolute atomic E-state index is 0.194. The van der Waals surface area contributed by atoms with Crippen molar-refractivity contribution in [2.45, 2.75) is 51.4 Å². The van der Waals surface area contributed by atoms with Crippen LogP contribution >= 0.6 is 0 Å². The first-order chi connectivity index (χ1) is 10.2. The van der Waals surface area contributed by atoms with Crippen LogP contribution in [0.2, 0.25) is 0 Å². The lowest BCUT2D eigenvalue weighted by Gasteiger charge is -2.24. The van der Waals surface area contributed by atoms with Gasteiger partial charge in [-0.15, -0.1) is 0 Å². The summed E-state index contributed by atoms with van der Waals surface area (Å²) >= 11 is 0. The highest BCUT2D eigenvalue weighted by Crippen LogP contribution is 2.30. The number of alkyl carbamates (subject to hydrolysis) is 1. The zero-order chi connectivity index (χ0) is 16.4. The van der Waals surface area contributed by atoms with E-state index in [9.17, 15) is 9.59 Å². The number of ketones is 1. The van der Waals surface area contributed by atoms with E-state index in [1.54, 1.807) is 6.92 Å². The van der Waals surface area contributed by atoms with Crippen molar-refractivity contribution < 1.29 is 19.1 Å². The number of nitrogens with one attached hydrogen (secondary N) is 1. The van der Waals surface area contributed by atoms with E-state index in [0.717, 1.165) is 5.56 Å². The molecule has 1 amide bonds. The Kier molecular flexibility index (Phi) is 4.56. The van der Waals surface area contributed by atoms with Gasteiger partial charge in [0, 0.05) is 12.0 Å². The van der Waals surface area contributed by atoms with Gasteiger partial charge < -0.3 is 14.8 Å². The van der Waals surface area contributed by atoms with E-state index in [1.165, 1.54) is 0 Å². The molecule has 1 saturated heterocycles. The van der Waals surface area contributed by atoms with Crippen LogP contribution in [0.3, 0.4) is 0 Å². The monoisotopic (exact) mass is 305 g/mol. The normalized spacial score (nSPS) is 21.8. The molecule has 22 heavy (non-hydrogen) atoms. The average molecular weight is 305 g/mol. The number of rotatable bonds is 5. The first-order valence-corrected chi connectivity index (χ1v) is 7.41. The highest BCUT2D eigenvalue weighted by molar-refractivity contribution is 5.94. The second-order valence-corrected chi connectivity index (χ2v) is 6.84. The Hall–Kier alpha value is -1.88. The van der Waals surface area contributed by atoms with Gasteiger partial charge in [-0.1, -0.05) is 30.3 Å². The summed E-state index contributed by atoms with van der Waals surface area (Å²) in [4.78, 5) is 24.5. The first kappa shape index (κ1) is 16.5. The van der Waals surface area contributed by atoms with Gasteiger partial charge in [-0.2, -0.15) is 0 Å². The van der Waals surface area contributed by atoms with E-state index in [-0.39, 0.29) is 5.78 Å². The molecule has 0 aliphatic carbocycles. The van der Waals surface area contributed by atoms with Gasteiger partial charge in [0.05, 0.1) is 6.61 Å². The molecule has 120 valence electrons. The second kappa shape index (κ2) is 6.08. The molecule has 5 heteroatoms. The predicted octanol–water partition coefficient (Wildman–Crippen LogP) is 2.48. The van der Waals surface area contributed by atoms with Crippen LogP contribution in [0.4, 0.5) is 4.79 Å². The van der Waals surface area contributed by atoms with Crippen molar-refractivity contribution in [1.82, 2.24) is 5.32 Å². The van der Waals surface area contributed by atoms with Crippen LogP contribution in [0.25, 0.3) is 0 Å². The van der Waals surface area contributed by atoms with Crippen LogP contribution in [-0.4, -0.2) is 35.7 Å². The quantitative estimate of drug-likeness (QED) is 0.849. The van der Waals surface area contributed by atoms with Crippen molar-refractivity contribution in [1.29, 1.82) is 0 Å². The lowest BCUT2D eigenvalue weighted by molar-refractivity contribution is -0.132. The lowest BCUT2D eigenvalue weighted by Crippen LogP contribution is -2.45. The fourth-order valence-electron chi connectivity index (χ4n) is 2.07. The fraction of sp³-hybridized carbons (Fsp3) is 0.529. The number of benzene rings is 1. The minimum Gasteiger partial charge on any atom is -0.438 e. The van der Waals surface area contributed by atoms with Crippen LogP contribution in [0.5, 0.6) is 0 Å². The zero-order valence-electron chi connectivity index (χ0n) is 13.5. The molecule has 1 fully saturated rings.